The molecule has 0 radical (unpaired) electrons. The first-order valence-corrected chi connectivity index (χ1v) is 18.5. The maximum Gasteiger partial charge on any atom is 0.237 e. The van der Waals surface area contributed by atoms with E-state index in [-0.39, 0.29) is 23.9 Å². The Morgan fingerprint density at radius 2 is 1.06 bits per heavy atom. The number of aromatic nitrogens is 4. The number of nitrogens with one attached hydrogen (secondary N) is 2. The zero-order valence-corrected chi connectivity index (χ0v) is 28.3. The molecule has 0 saturated carbocycles. The van der Waals surface area contributed by atoms with E-state index in [2.05, 4.69) is 56.2 Å². The van der Waals surface area contributed by atoms with Crippen LogP contribution in [-0.4, -0.2) is 104 Å². The Morgan fingerprint density at radius 1 is 0.612 bits per heavy atom. The molecule has 4 aliphatic heterocycles. The third-order valence-corrected chi connectivity index (χ3v) is 11.6. The van der Waals surface area contributed by atoms with Crippen LogP contribution >= 0.6 is 0 Å². The molecule has 10 nitrogen and oxygen atoms in total. The molecule has 2 N–H and O–H groups in total. The summed E-state index contributed by atoms with van der Waals surface area (Å²) < 4.78 is 0. The van der Waals surface area contributed by atoms with Crippen LogP contribution in [0.25, 0.3) is 33.6 Å². The number of benzene rings is 2. The number of amides is 2. The van der Waals surface area contributed by atoms with Gasteiger partial charge in [-0.15, -0.1) is 0 Å². The first-order valence-electron chi connectivity index (χ1n) is 18.5. The maximum absolute atomic E-state index is 13.2. The van der Waals surface area contributed by atoms with Gasteiger partial charge in [0.05, 0.1) is 49.0 Å². The molecule has 2 atom stereocenters. The number of aromatic amines is 2. The fourth-order valence-corrected chi connectivity index (χ4v) is 9.00. The second-order valence-electron chi connectivity index (χ2n) is 14.7. The highest BCUT2D eigenvalue weighted by molar-refractivity contribution is 5.82. The average molecular weight is 659 g/mol. The number of imidazole rings is 2. The molecule has 1 aliphatic carbocycles. The maximum atomic E-state index is 13.2. The van der Waals surface area contributed by atoms with Gasteiger partial charge in [-0.2, -0.15) is 0 Å². The Bertz CT molecular complexity index is 1730. The fraction of sp³-hybridized carbons (Fsp3) is 0.487. The summed E-state index contributed by atoms with van der Waals surface area (Å²) in [7, 11) is 0. The Kier molecular flexibility index (Phi) is 8.08. The molecule has 2 aromatic carbocycles. The summed E-state index contributed by atoms with van der Waals surface area (Å²) in [5.41, 5.74) is 9.43. The van der Waals surface area contributed by atoms with E-state index in [0.29, 0.717) is 13.1 Å². The van der Waals surface area contributed by atoms with Crippen molar-refractivity contribution in [1.29, 1.82) is 0 Å². The van der Waals surface area contributed by atoms with E-state index in [1.54, 1.807) is 0 Å². The summed E-state index contributed by atoms with van der Waals surface area (Å²) in [4.78, 5) is 51.8. The van der Waals surface area contributed by atoms with Crippen molar-refractivity contribution >= 4 is 11.8 Å². The van der Waals surface area contributed by atoms with Crippen LogP contribution in [-0.2, 0) is 16.0 Å². The second kappa shape index (κ2) is 12.9. The highest BCUT2D eigenvalue weighted by Crippen LogP contribution is 2.41. The topological polar surface area (TPSA) is 104 Å². The Morgan fingerprint density at radius 3 is 1.51 bits per heavy atom. The minimum absolute atomic E-state index is 0.0242. The van der Waals surface area contributed by atoms with Crippen LogP contribution in [0.4, 0.5) is 0 Å². The largest absolute Gasteiger partial charge is 0.340 e. The third kappa shape index (κ3) is 5.88. The molecule has 10 heteroatoms. The predicted molar refractivity (Wildman–Crippen MR) is 189 cm³/mol. The first-order chi connectivity index (χ1) is 24.1. The number of likely N-dealkylation sites (tertiary alicyclic amines) is 4. The monoisotopic (exact) mass is 658 g/mol. The standard InChI is InChI=1S/C39H46N8O2/c48-36(24-44-13-1-2-14-44)46-17-5-7-34(46)38-40-22-32(42-38)26-9-11-30-28(19-26)21-29-20-27(10-12-31(29)30)33-23-41-39(43-33)35-8-6-18-47(35)37(49)25-45-15-3-4-16-45/h9-12,19-20,22-23,34-35H,1-8,13-18,21,24-25H2,(H,40,42)(H,41,43)/t34-,35-/m1/s1. The lowest BCUT2D eigenvalue weighted by Gasteiger charge is -2.25. The van der Waals surface area contributed by atoms with Gasteiger partial charge in [-0.25, -0.2) is 9.97 Å². The van der Waals surface area contributed by atoms with Crippen molar-refractivity contribution < 1.29 is 9.59 Å². The normalized spacial score (nSPS) is 22.4. The number of carbonyl (C=O) groups is 2. The molecule has 0 unspecified atom stereocenters. The molecule has 9 rings (SSSR count). The second-order valence-corrected chi connectivity index (χ2v) is 14.7. The van der Waals surface area contributed by atoms with Gasteiger partial charge in [0.25, 0.3) is 0 Å². The quantitative estimate of drug-likeness (QED) is 0.227. The Balaban J connectivity index is 0.883. The fourth-order valence-electron chi connectivity index (χ4n) is 9.00. The summed E-state index contributed by atoms with van der Waals surface area (Å²) in [6.07, 6.45) is 13.4. The molecule has 5 aliphatic rings. The van der Waals surface area contributed by atoms with Crippen molar-refractivity contribution in [2.24, 2.45) is 0 Å². The number of rotatable bonds is 8. The summed E-state index contributed by atoms with van der Waals surface area (Å²) in [5.74, 6) is 2.25. The van der Waals surface area contributed by atoms with Gasteiger partial charge in [0.1, 0.15) is 11.6 Å². The van der Waals surface area contributed by atoms with Crippen LogP contribution in [0.3, 0.4) is 0 Å². The highest BCUT2D eigenvalue weighted by Gasteiger charge is 2.34. The molecule has 2 amide bonds. The first kappa shape index (κ1) is 30.8. The molecule has 49 heavy (non-hydrogen) atoms. The van der Waals surface area contributed by atoms with E-state index in [4.69, 9.17) is 9.97 Å². The molecule has 2 aromatic heterocycles. The minimum Gasteiger partial charge on any atom is -0.340 e. The number of fused-ring (bicyclic) bond motifs is 3. The van der Waals surface area contributed by atoms with Crippen LogP contribution in [0.2, 0.25) is 0 Å². The van der Waals surface area contributed by atoms with Crippen molar-refractivity contribution in [3.8, 4) is 33.6 Å². The molecular weight excluding hydrogens is 612 g/mol. The lowest BCUT2D eigenvalue weighted by Crippen LogP contribution is -2.39. The smallest absolute Gasteiger partial charge is 0.237 e. The van der Waals surface area contributed by atoms with Crippen LogP contribution < -0.4 is 0 Å². The molecule has 4 saturated heterocycles. The average Bonchev–Trinajstić information content (AvgIpc) is 3.96. The molecule has 4 aromatic rings. The molecule has 0 spiro atoms. The number of carbonyl (C=O) groups excluding carboxylic acids is 2. The summed E-state index contributed by atoms with van der Waals surface area (Å²) in [6, 6.07) is 13.5. The van der Waals surface area contributed by atoms with Crippen LogP contribution in [0.15, 0.2) is 48.8 Å². The van der Waals surface area contributed by atoms with Crippen molar-refractivity contribution in [1.82, 2.24) is 39.5 Å². The van der Waals surface area contributed by atoms with Gasteiger partial charge in [-0.3, -0.25) is 19.4 Å². The van der Waals surface area contributed by atoms with Crippen LogP contribution in [0, 0.1) is 0 Å². The number of H-pyrrole nitrogens is 2. The molecular formula is C39H46N8O2. The summed E-state index contributed by atoms with van der Waals surface area (Å²) in [6.45, 7) is 6.80. The minimum atomic E-state index is 0.0242. The Labute approximate surface area is 287 Å². The highest BCUT2D eigenvalue weighted by atomic mass is 16.2. The zero-order valence-electron chi connectivity index (χ0n) is 28.3. The van der Waals surface area contributed by atoms with Gasteiger partial charge < -0.3 is 19.8 Å². The van der Waals surface area contributed by atoms with E-state index in [0.717, 1.165) is 106 Å². The zero-order chi connectivity index (χ0) is 32.9. The van der Waals surface area contributed by atoms with Crippen LogP contribution in [0.1, 0.15) is 86.2 Å². The lowest BCUT2D eigenvalue weighted by atomic mass is 10.0. The van der Waals surface area contributed by atoms with Gasteiger partial charge in [-0.1, -0.05) is 24.3 Å². The number of hydrogen-bond acceptors (Lipinski definition) is 6. The van der Waals surface area contributed by atoms with Gasteiger partial charge in [0, 0.05) is 13.1 Å². The van der Waals surface area contributed by atoms with Crippen molar-refractivity contribution in [2.45, 2.75) is 69.9 Å². The van der Waals surface area contributed by atoms with E-state index >= 15 is 0 Å². The van der Waals surface area contributed by atoms with E-state index < -0.39 is 0 Å². The van der Waals surface area contributed by atoms with Crippen LogP contribution in [0.5, 0.6) is 0 Å². The van der Waals surface area contributed by atoms with Gasteiger partial charge in [0.15, 0.2) is 0 Å². The van der Waals surface area contributed by atoms with Gasteiger partial charge in [-0.05, 0) is 129 Å². The lowest BCUT2D eigenvalue weighted by molar-refractivity contribution is -0.134. The summed E-state index contributed by atoms with van der Waals surface area (Å²) in [5, 5.41) is 0. The van der Waals surface area contributed by atoms with E-state index in [9.17, 15) is 9.59 Å². The molecule has 0 bridgehead atoms. The number of hydrogen-bond donors (Lipinski definition) is 2. The third-order valence-electron chi connectivity index (χ3n) is 11.6. The van der Waals surface area contributed by atoms with Crippen molar-refractivity contribution in [3.63, 3.8) is 0 Å². The van der Waals surface area contributed by atoms with E-state index in [1.807, 2.05) is 22.2 Å². The van der Waals surface area contributed by atoms with Gasteiger partial charge >= 0.3 is 0 Å². The van der Waals surface area contributed by atoms with Crippen molar-refractivity contribution in [2.75, 3.05) is 52.4 Å². The Hall–Kier alpha value is -4.28. The molecule has 4 fully saturated rings. The summed E-state index contributed by atoms with van der Waals surface area (Å²) >= 11 is 0. The predicted octanol–water partition coefficient (Wildman–Crippen LogP) is 5.56. The SMILES string of the molecule is O=C(CN1CCCC1)N1CCC[C@@H]1c1ncc(-c2ccc3c(c2)Cc2cc(-c4cnc([C@H]5CCCN5C(=O)CN5CCCC5)[nH]4)ccc2-3)[nH]1. The van der Waals surface area contributed by atoms with Crippen molar-refractivity contribution in [3.05, 3.63) is 71.6 Å². The number of nitrogens with zero attached hydrogens (tertiary/aromatic N) is 6. The molecule has 254 valence electrons. The molecule has 6 heterocycles. The van der Waals surface area contributed by atoms with Gasteiger partial charge in [0.2, 0.25) is 11.8 Å². The van der Waals surface area contributed by atoms with E-state index in [1.165, 1.54) is 47.9 Å².